The van der Waals surface area contributed by atoms with Crippen molar-refractivity contribution in [3.63, 3.8) is 0 Å². The van der Waals surface area contributed by atoms with E-state index in [1.54, 1.807) is 24.1 Å². The predicted molar refractivity (Wildman–Crippen MR) is 126 cm³/mol. The zero-order valence-electron chi connectivity index (χ0n) is 19.3. The predicted octanol–water partition coefficient (Wildman–Crippen LogP) is 4.57. The smallest absolute Gasteiger partial charge is 0.322 e. The number of methoxy groups -OCH3 is 1. The van der Waals surface area contributed by atoms with Gasteiger partial charge in [0.1, 0.15) is 0 Å². The number of anilines is 2. The van der Waals surface area contributed by atoms with Crippen LogP contribution in [0, 0.1) is 17.7 Å². The van der Waals surface area contributed by atoms with Crippen molar-refractivity contribution >= 4 is 23.2 Å². The Morgan fingerprint density at radius 3 is 2.68 bits per heavy atom. The Balaban J connectivity index is 1.33. The van der Waals surface area contributed by atoms with Crippen molar-refractivity contribution in [2.24, 2.45) is 11.8 Å². The number of hydrogen-bond donors (Lipinski definition) is 1. The van der Waals surface area contributed by atoms with Gasteiger partial charge in [-0.3, -0.25) is 0 Å². The van der Waals surface area contributed by atoms with Gasteiger partial charge in [-0.2, -0.15) is 10.1 Å². The summed E-state index contributed by atoms with van der Waals surface area (Å²) in [5.74, 6) is 1.25. The first-order valence-electron chi connectivity index (χ1n) is 11.4. The first-order chi connectivity index (χ1) is 16.4. The summed E-state index contributed by atoms with van der Waals surface area (Å²) in [6, 6.07) is 7.00. The quantitative estimate of drug-likeness (QED) is 0.518. The molecule has 1 N–H and O–H groups in total. The number of hydrogen-bond acceptors (Lipinski definition) is 8. The van der Waals surface area contributed by atoms with E-state index in [4.69, 9.17) is 21.1 Å². The Bertz CT molecular complexity index is 1160. The van der Waals surface area contributed by atoms with Crippen molar-refractivity contribution in [2.75, 3.05) is 30.4 Å². The lowest BCUT2D eigenvalue weighted by atomic mass is 9.92. The fourth-order valence-electron chi connectivity index (χ4n) is 4.87. The molecule has 5 rings (SSSR count). The van der Waals surface area contributed by atoms with Crippen LogP contribution in [0.15, 0.2) is 30.5 Å². The van der Waals surface area contributed by atoms with Gasteiger partial charge in [-0.15, -0.1) is 10.2 Å². The van der Waals surface area contributed by atoms with Gasteiger partial charge in [0.25, 0.3) is 0 Å². The number of nitrogens with zero attached hydrogens (tertiary/aromatic N) is 6. The zero-order chi connectivity index (χ0) is 23.8. The van der Waals surface area contributed by atoms with Crippen LogP contribution in [0.4, 0.5) is 16.0 Å². The molecule has 2 fully saturated rings. The van der Waals surface area contributed by atoms with E-state index in [2.05, 4.69) is 30.5 Å². The molecule has 34 heavy (non-hydrogen) atoms. The van der Waals surface area contributed by atoms with E-state index in [0.29, 0.717) is 23.7 Å². The summed E-state index contributed by atoms with van der Waals surface area (Å²) in [5, 5.41) is 16.2. The lowest BCUT2D eigenvalue weighted by Gasteiger charge is -2.39. The van der Waals surface area contributed by atoms with Crippen molar-refractivity contribution in [1.29, 1.82) is 0 Å². The molecule has 9 nitrogen and oxygen atoms in total. The third kappa shape index (κ3) is 4.34. The topological polar surface area (TPSA) is 90.2 Å². The molecule has 1 saturated carbocycles. The molecular formula is C23H27ClFN7O2. The molecule has 180 valence electrons. The number of fused-ring (bicyclic) bond motifs is 2. The average Bonchev–Trinajstić information content (AvgIpc) is 3.32. The molecule has 0 radical (unpaired) electrons. The van der Waals surface area contributed by atoms with Crippen LogP contribution in [-0.4, -0.2) is 51.2 Å². The molecular weight excluding hydrogens is 461 g/mol. The fourth-order valence-corrected chi connectivity index (χ4v) is 5.03. The summed E-state index contributed by atoms with van der Waals surface area (Å²) in [6.45, 7) is 5.73. The maximum atomic E-state index is 14.4. The van der Waals surface area contributed by atoms with Crippen LogP contribution in [0.5, 0.6) is 17.6 Å². The number of halogens is 2. The van der Waals surface area contributed by atoms with Crippen LogP contribution < -0.4 is 19.7 Å². The second kappa shape index (κ2) is 9.25. The molecule has 3 aromatic rings. The van der Waals surface area contributed by atoms with Crippen LogP contribution in [-0.2, 0) is 0 Å². The van der Waals surface area contributed by atoms with Gasteiger partial charge in [-0.05, 0) is 50.7 Å². The van der Waals surface area contributed by atoms with E-state index in [0.717, 1.165) is 31.6 Å². The first kappa shape index (κ1) is 22.6. The van der Waals surface area contributed by atoms with Gasteiger partial charge in [-0.1, -0.05) is 17.7 Å². The normalized spacial score (nSPS) is 21.7. The lowest BCUT2D eigenvalue weighted by molar-refractivity contribution is 0.360. The molecule has 0 amide bonds. The molecule has 3 atom stereocenters. The summed E-state index contributed by atoms with van der Waals surface area (Å²) in [5.41, 5.74) is 1.02. The molecule has 1 aliphatic heterocycles. The van der Waals surface area contributed by atoms with Crippen molar-refractivity contribution in [3.05, 3.63) is 41.3 Å². The van der Waals surface area contributed by atoms with Gasteiger partial charge in [0.05, 0.1) is 30.1 Å². The highest BCUT2D eigenvalue weighted by Crippen LogP contribution is 2.40. The number of nitrogens with one attached hydrogen (secondary N) is 1. The van der Waals surface area contributed by atoms with Crippen molar-refractivity contribution in [3.8, 4) is 17.6 Å². The lowest BCUT2D eigenvalue weighted by Crippen LogP contribution is -2.48. The minimum absolute atomic E-state index is 0.00295. The second-order valence-electron chi connectivity index (χ2n) is 9.04. The number of piperidine rings is 1. The van der Waals surface area contributed by atoms with Crippen LogP contribution >= 0.6 is 11.6 Å². The standard InChI is InChI=1S/C23H27ClFN7O2/c1-13(2)32-23(34-18-6-4-5-17(24)20(18)25)28-22(30-32)27-21-14-7-8-15(21)12-31(11-14)16-9-19(33-3)29-26-10-16/h4-6,9-10,13-15,21H,7-8,11-12H2,1-3H3,(H,27,30)/t14-,15+,21?. The summed E-state index contributed by atoms with van der Waals surface area (Å²) in [7, 11) is 1.59. The van der Waals surface area contributed by atoms with E-state index in [1.165, 1.54) is 12.1 Å². The highest BCUT2D eigenvalue weighted by molar-refractivity contribution is 6.30. The molecule has 2 aliphatic rings. The van der Waals surface area contributed by atoms with Gasteiger partial charge in [0.15, 0.2) is 11.6 Å². The van der Waals surface area contributed by atoms with E-state index in [9.17, 15) is 4.39 Å². The summed E-state index contributed by atoms with van der Waals surface area (Å²) in [6.07, 6.45) is 4.02. The van der Waals surface area contributed by atoms with Crippen LogP contribution in [0.3, 0.4) is 0 Å². The van der Waals surface area contributed by atoms with Crippen molar-refractivity contribution < 1.29 is 13.9 Å². The third-order valence-corrected chi connectivity index (χ3v) is 6.82. The van der Waals surface area contributed by atoms with Gasteiger partial charge in [-0.25, -0.2) is 9.07 Å². The molecule has 1 aromatic carbocycles. The molecule has 1 aliphatic carbocycles. The highest BCUT2D eigenvalue weighted by Gasteiger charge is 2.43. The van der Waals surface area contributed by atoms with E-state index >= 15 is 0 Å². The van der Waals surface area contributed by atoms with E-state index < -0.39 is 5.82 Å². The van der Waals surface area contributed by atoms with Crippen LogP contribution in [0.1, 0.15) is 32.7 Å². The molecule has 3 heterocycles. The van der Waals surface area contributed by atoms with E-state index in [1.807, 2.05) is 19.9 Å². The minimum atomic E-state index is -0.621. The third-order valence-electron chi connectivity index (χ3n) is 6.53. The largest absolute Gasteiger partial charge is 0.480 e. The number of aromatic nitrogens is 5. The molecule has 0 spiro atoms. The maximum absolute atomic E-state index is 14.4. The Labute approximate surface area is 202 Å². The average molecular weight is 488 g/mol. The molecule has 2 bridgehead atoms. The van der Waals surface area contributed by atoms with Gasteiger partial charge < -0.3 is 19.7 Å². The first-order valence-corrected chi connectivity index (χ1v) is 11.8. The molecule has 11 heteroatoms. The summed E-state index contributed by atoms with van der Waals surface area (Å²) >= 11 is 5.90. The van der Waals surface area contributed by atoms with Crippen LogP contribution in [0.2, 0.25) is 5.02 Å². The highest BCUT2D eigenvalue weighted by atomic mass is 35.5. The summed E-state index contributed by atoms with van der Waals surface area (Å²) in [4.78, 5) is 6.89. The SMILES string of the molecule is COc1cc(N2C[C@H]3CC[C@@H](C2)C3Nc2nc(Oc3cccc(Cl)c3F)n(C(C)C)n2)cnn1. The number of ether oxygens (including phenoxy) is 2. The Kier molecular flexibility index (Phi) is 6.16. The molecule has 2 aromatic heterocycles. The molecule has 1 unspecified atom stereocenters. The van der Waals surface area contributed by atoms with Gasteiger partial charge >= 0.3 is 6.01 Å². The molecule has 1 saturated heterocycles. The van der Waals surface area contributed by atoms with Crippen molar-refractivity contribution in [2.45, 2.75) is 38.8 Å². The zero-order valence-corrected chi connectivity index (χ0v) is 20.0. The number of benzene rings is 1. The summed E-state index contributed by atoms with van der Waals surface area (Å²) < 4.78 is 27.0. The minimum Gasteiger partial charge on any atom is -0.480 e. The Hall–Kier alpha value is -3.14. The maximum Gasteiger partial charge on any atom is 0.322 e. The second-order valence-corrected chi connectivity index (χ2v) is 9.45. The van der Waals surface area contributed by atoms with Crippen LogP contribution in [0.25, 0.3) is 0 Å². The Morgan fingerprint density at radius 1 is 1.21 bits per heavy atom. The number of rotatable bonds is 7. The fraction of sp³-hybridized carbons (Fsp3) is 0.478. The van der Waals surface area contributed by atoms with E-state index in [-0.39, 0.29) is 28.9 Å². The van der Waals surface area contributed by atoms with Gasteiger partial charge in [0, 0.05) is 25.2 Å². The van der Waals surface area contributed by atoms with Crippen molar-refractivity contribution in [1.82, 2.24) is 25.0 Å². The monoisotopic (exact) mass is 487 g/mol. The van der Waals surface area contributed by atoms with Gasteiger partial charge in [0.2, 0.25) is 11.8 Å². The Morgan fingerprint density at radius 2 is 1.97 bits per heavy atom.